The Bertz CT molecular complexity index is 813. The second-order valence-corrected chi connectivity index (χ2v) is 8.40. The van der Waals surface area contributed by atoms with Crippen molar-refractivity contribution < 1.29 is 14.3 Å². The summed E-state index contributed by atoms with van der Waals surface area (Å²) in [5.74, 6) is 0.157. The number of rotatable bonds is 4. The third-order valence-corrected chi connectivity index (χ3v) is 6.17. The normalized spacial score (nSPS) is 30.2. The van der Waals surface area contributed by atoms with Crippen LogP contribution in [0, 0.1) is 17.8 Å². The molecule has 1 saturated carbocycles. The lowest BCUT2D eigenvalue weighted by atomic mass is 9.75. The molecule has 3 nitrogen and oxygen atoms in total. The number of ether oxygens (including phenoxy) is 2. The van der Waals surface area contributed by atoms with Gasteiger partial charge in [0.25, 0.3) is 5.79 Å². The summed E-state index contributed by atoms with van der Waals surface area (Å²) in [4.78, 5) is 12.7. The highest BCUT2D eigenvalue weighted by Crippen LogP contribution is 2.47. The first-order valence-electron chi connectivity index (χ1n) is 10.1. The van der Waals surface area contributed by atoms with Gasteiger partial charge in [0, 0.05) is 11.1 Å². The third kappa shape index (κ3) is 3.19. The van der Waals surface area contributed by atoms with Gasteiger partial charge in [-0.2, -0.15) is 0 Å². The highest BCUT2D eigenvalue weighted by atomic mass is 16.7. The summed E-state index contributed by atoms with van der Waals surface area (Å²) in [5.41, 5.74) is 2.30. The van der Waals surface area contributed by atoms with Gasteiger partial charge in [-0.25, -0.2) is 4.79 Å². The van der Waals surface area contributed by atoms with Crippen molar-refractivity contribution in [2.75, 3.05) is 0 Å². The molecule has 0 spiro atoms. The lowest BCUT2D eigenvalue weighted by Gasteiger charge is -2.42. The van der Waals surface area contributed by atoms with E-state index in [9.17, 15) is 4.79 Å². The Balaban J connectivity index is 1.80. The van der Waals surface area contributed by atoms with Gasteiger partial charge in [0.1, 0.15) is 0 Å². The first kappa shape index (κ1) is 18.2. The fourth-order valence-electron chi connectivity index (χ4n) is 4.68. The number of fused-ring (bicyclic) bond motifs is 1. The number of carbonyl (C=O) groups is 1. The van der Waals surface area contributed by atoms with Gasteiger partial charge in [-0.3, -0.25) is 0 Å². The Kier molecular flexibility index (Phi) is 4.81. The fraction of sp³-hybridized carbons (Fsp3) is 0.458. The Morgan fingerprint density at radius 3 is 2.48 bits per heavy atom. The van der Waals surface area contributed by atoms with E-state index in [1.165, 1.54) is 6.42 Å². The second kappa shape index (κ2) is 7.12. The van der Waals surface area contributed by atoms with Gasteiger partial charge >= 0.3 is 5.97 Å². The van der Waals surface area contributed by atoms with E-state index in [-0.39, 0.29) is 12.1 Å². The Morgan fingerprint density at radius 1 is 1.04 bits per heavy atom. The smallest absolute Gasteiger partial charge is 0.341 e. The molecule has 0 bridgehead atoms. The molecular weight excluding hydrogens is 336 g/mol. The maximum Gasteiger partial charge on any atom is 0.341 e. The molecule has 27 heavy (non-hydrogen) atoms. The van der Waals surface area contributed by atoms with Crippen LogP contribution in [0.4, 0.5) is 0 Å². The Labute approximate surface area is 161 Å². The maximum absolute atomic E-state index is 12.7. The number of hydrogen-bond donors (Lipinski definition) is 0. The first-order valence-corrected chi connectivity index (χ1v) is 10.1. The van der Waals surface area contributed by atoms with Crippen LogP contribution in [0.5, 0.6) is 0 Å². The quantitative estimate of drug-likeness (QED) is 0.669. The summed E-state index contributed by atoms with van der Waals surface area (Å²) in [6.45, 7) is 6.82. The molecule has 0 N–H and O–H groups in total. The van der Waals surface area contributed by atoms with Crippen molar-refractivity contribution in [3.8, 4) is 0 Å². The van der Waals surface area contributed by atoms with Gasteiger partial charge in [0.2, 0.25) is 0 Å². The molecule has 0 aromatic heterocycles. The Morgan fingerprint density at radius 2 is 1.74 bits per heavy atom. The summed E-state index contributed by atoms with van der Waals surface area (Å²) in [5, 5.41) is 0. The SMILES string of the molecule is CC1CCC(C(C)C)C(OC2(c3ccccc3)OC(=O)c3ccccc32)C1. The number of carbonyl (C=O) groups excluding carboxylic acids is 1. The van der Waals surface area contributed by atoms with Crippen molar-refractivity contribution >= 4 is 5.97 Å². The first-order chi connectivity index (χ1) is 13.0. The predicted octanol–water partition coefficient (Wildman–Crippen LogP) is 5.54. The van der Waals surface area contributed by atoms with Gasteiger partial charge < -0.3 is 9.47 Å². The van der Waals surface area contributed by atoms with Crippen molar-refractivity contribution in [2.24, 2.45) is 17.8 Å². The van der Waals surface area contributed by atoms with Gasteiger partial charge in [0.05, 0.1) is 11.7 Å². The van der Waals surface area contributed by atoms with Crippen LogP contribution >= 0.6 is 0 Å². The predicted molar refractivity (Wildman–Crippen MR) is 105 cm³/mol. The molecule has 3 heteroatoms. The summed E-state index contributed by atoms with van der Waals surface area (Å²) in [6, 6.07) is 17.5. The molecule has 0 saturated heterocycles. The van der Waals surface area contributed by atoms with Gasteiger partial charge in [-0.05, 0) is 36.7 Å². The van der Waals surface area contributed by atoms with Crippen LogP contribution in [-0.2, 0) is 15.3 Å². The highest BCUT2D eigenvalue weighted by Gasteiger charge is 2.51. The molecule has 1 aliphatic carbocycles. The average molecular weight is 364 g/mol. The number of benzene rings is 2. The molecule has 2 aliphatic rings. The van der Waals surface area contributed by atoms with Crippen molar-refractivity contribution in [1.82, 2.24) is 0 Å². The number of hydrogen-bond acceptors (Lipinski definition) is 3. The van der Waals surface area contributed by atoms with Crippen LogP contribution < -0.4 is 0 Å². The molecule has 4 unspecified atom stereocenters. The summed E-state index contributed by atoms with van der Waals surface area (Å²) >= 11 is 0. The van der Waals surface area contributed by atoms with Gasteiger partial charge in [0.15, 0.2) is 0 Å². The van der Waals surface area contributed by atoms with Gasteiger partial charge in [-0.15, -0.1) is 0 Å². The van der Waals surface area contributed by atoms with E-state index in [0.29, 0.717) is 23.3 Å². The van der Waals surface area contributed by atoms with Crippen LogP contribution in [0.25, 0.3) is 0 Å². The van der Waals surface area contributed by atoms with E-state index >= 15 is 0 Å². The largest absolute Gasteiger partial charge is 0.420 e. The lowest BCUT2D eigenvalue weighted by Crippen LogP contribution is -2.42. The van der Waals surface area contributed by atoms with E-state index in [1.54, 1.807) is 0 Å². The molecule has 4 atom stereocenters. The minimum absolute atomic E-state index is 0.0629. The summed E-state index contributed by atoms with van der Waals surface area (Å²) in [6.07, 6.45) is 3.45. The topological polar surface area (TPSA) is 35.5 Å². The average Bonchev–Trinajstić information content (AvgIpc) is 2.96. The highest BCUT2D eigenvalue weighted by molar-refractivity contribution is 5.95. The van der Waals surface area contributed by atoms with Crippen molar-refractivity contribution in [3.63, 3.8) is 0 Å². The zero-order chi connectivity index (χ0) is 19.0. The van der Waals surface area contributed by atoms with E-state index < -0.39 is 5.79 Å². The molecule has 4 rings (SSSR count). The molecular formula is C24H28O3. The minimum atomic E-state index is -1.15. The van der Waals surface area contributed by atoms with E-state index in [2.05, 4.69) is 20.8 Å². The van der Waals surface area contributed by atoms with E-state index in [0.717, 1.165) is 24.0 Å². The Hall–Kier alpha value is -2.13. The maximum atomic E-state index is 12.7. The molecule has 0 amide bonds. The molecule has 0 radical (unpaired) electrons. The van der Waals surface area contributed by atoms with Crippen molar-refractivity contribution in [2.45, 2.75) is 51.9 Å². The van der Waals surface area contributed by atoms with Crippen molar-refractivity contribution in [3.05, 3.63) is 71.3 Å². The molecule has 1 aliphatic heterocycles. The standard InChI is InChI=1S/C24H28O3/c1-16(2)19-14-13-17(3)15-22(19)26-24(18-9-5-4-6-10-18)21-12-8-7-11-20(21)23(25)27-24/h4-12,16-17,19,22H,13-15H2,1-3H3. The number of cyclic esters (lactones) is 1. The second-order valence-electron chi connectivity index (χ2n) is 8.40. The molecule has 1 fully saturated rings. The van der Waals surface area contributed by atoms with E-state index in [1.807, 2.05) is 54.6 Å². The third-order valence-electron chi connectivity index (χ3n) is 6.17. The van der Waals surface area contributed by atoms with Crippen LogP contribution in [-0.4, -0.2) is 12.1 Å². The summed E-state index contributed by atoms with van der Waals surface area (Å²) in [7, 11) is 0. The zero-order valence-electron chi connectivity index (χ0n) is 16.4. The fourth-order valence-corrected chi connectivity index (χ4v) is 4.68. The van der Waals surface area contributed by atoms with Crippen LogP contribution in [0.3, 0.4) is 0 Å². The molecule has 1 heterocycles. The van der Waals surface area contributed by atoms with Gasteiger partial charge in [-0.1, -0.05) is 75.7 Å². The number of esters is 1. The molecule has 142 valence electrons. The molecule has 2 aromatic rings. The summed E-state index contributed by atoms with van der Waals surface area (Å²) < 4.78 is 12.8. The van der Waals surface area contributed by atoms with Crippen molar-refractivity contribution in [1.29, 1.82) is 0 Å². The van der Waals surface area contributed by atoms with Crippen LogP contribution in [0.15, 0.2) is 54.6 Å². The minimum Gasteiger partial charge on any atom is -0.420 e. The molecule has 2 aromatic carbocycles. The monoisotopic (exact) mass is 364 g/mol. The zero-order valence-corrected chi connectivity index (χ0v) is 16.4. The van der Waals surface area contributed by atoms with Crippen LogP contribution in [0.1, 0.15) is 61.5 Å². The van der Waals surface area contributed by atoms with Crippen LogP contribution in [0.2, 0.25) is 0 Å². The van der Waals surface area contributed by atoms with E-state index in [4.69, 9.17) is 9.47 Å². The lowest BCUT2D eigenvalue weighted by molar-refractivity contribution is -0.226.